The van der Waals surface area contributed by atoms with Crippen LogP contribution in [0.5, 0.6) is 0 Å². The average molecular weight is 218 g/mol. The number of benzene rings is 1. The van der Waals surface area contributed by atoms with Gasteiger partial charge >= 0.3 is 0 Å². The number of carbonyl (C=O) groups excluding carboxylic acids is 1. The number of hydrogen-bond donors (Lipinski definition) is 2. The highest BCUT2D eigenvalue weighted by molar-refractivity contribution is 5.80. The third-order valence-electron chi connectivity index (χ3n) is 3.30. The van der Waals surface area contributed by atoms with Gasteiger partial charge in [-0.05, 0) is 31.4 Å². The second kappa shape index (κ2) is 4.56. The quantitative estimate of drug-likeness (QED) is 0.764. The molecule has 0 aromatic heterocycles. The zero-order valence-electron chi connectivity index (χ0n) is 9.57. The van der Waals surface area contributed by atoms with Crippen molar-refractivity contribution in [1.82, 2.24) is 5.32 Å². The maximum absolute atomic E-state index is 11.8. The molecule has 86 valence electrons. The van der Waals surface area contributed by atoms with E-state index < -0.39 is 0 Å². The molecule has 3 N–H and O–H groups in total. The molecule has 0 heterocycles. The first-order chi connectivity index (χ1) is 7.68. The minimum atomic E-state index is -0.00528. The highest BCUT2D eigenvalue weighted by Crippen LogP contribution is 2.27. The van der Waals surface area contributed by atoms with Crippen LogP contribution in [0.2, 0.25) is 0 Å². The molecule has 0 bridgehead atoms. The van der Waals surface area contributed by atoms with Crippen molar-refractivity contribution in [3.8, 4) is 0 Å². The van der Waals surface area contributed by atoms with Crippen LogP contribution in [0.25, 0.3) is 0 Å². The molecule has 0 spiro atoms. The van der Waals surface area contributed by atoms with Gasteiger partial charge in [-0.25, -0.2) is 0 Å². The van der Waals surface area contributed by atoms with Crippen molar-refractivity contribution in [3.63, 3.8) is 0 Å². The Bertz CT molecular complexity index is 385. The van der Waals surface area contributed by atoms with Crippen LogP contribution < -0.4 is 11.1 Å². The van der Waals surface area contributed by atoms with Gasteiger partial charge in [0.15, 0.2) is 0 Å². The van der Waals surface area contributed by atoms with Crippen LogP contribution in [-0.4, -0.2) is 5.91 Å². The Morgan fingerprint density at radius 1 is 1.44 bits per heavy atom. The molecule has 3 heteroatoms. The Balaban J connectivity index is 1.99. The van der Waals surface area contributed by atoms with E-state index in [4.69, 9.17) is 5.73 Å². The number of hydrogen-bond acceptors (Lipinski definition) is 2. The van der Waals surface area contributed by atoms with Crippen LogP contribution in [0.4, 0.5) is 5.69 Å². The zero-order valence-corrected chi connectivity index (χ0v) is 9.57. The molecule has 1 saturated carbocycles. The van der Waals surface area contributed by atoms with Crippen molar-refractivity contribution >= 4 is 11.6 Å². The molecule has 1 aliphatic carbocycles. The van der Waals surface area contributed by atoms with Gasteiger partial charge < -0.3 is 11.1 Å². The first-order valence-electron chi connectivity index (χ1n) is 5.83. The summed E-state index contributed by atoms with van der Waals surface area (Å²) in [5, 5.41) is 3.02. The fraction of sp³-hybridized carbons (Fsp3) is 0.462. The summed E-state index contributed by atoms with van der Waals surface area (Å²) in [6.45, 7) is 1.97. The van der Waals surface area contributed by atoms with E-state index >= 15 is 0 Å². The fourth-order valence-corrected chi connectivity index (χ4v) is 1.98. The summed E-state index contributed by atoms with van der Waals surface area (Å²) >= 11 is 0. The molecule has 0 aliphatic heterocycles. The lowest BCUT2D eigenvalue weighted by Gasteiger charge is -2.26. The van der Waals surface area contributed by atoms with Crippen LogP contribution in [0.1, 0.15) is 37.8 Å². The van der Waals surface area contributed by atoms with E-state index in [1.807, 2.05) is 31.2 Å². The van der Waals surface area contributed by atoms with Gasteiger partial charge in [0, 0.05) is 11.6 Å². The van der Waals surface area contributed by atoms with Crippen LogP contribution in [-0.2, 0) is 4.79 Å². The zero-order chi connectivity index (χ0) is 11.5. The number of amides is 1. The minimum absolute atomic E-state index is 0.00528. The molecular weight excluding hydrogens is 200 g/mol. The van der Waals surface area contributed by atoms with E-state index in [1.165, 1.54) is 6.42 Å². The molecule has 2 rings (SSSR count). The molecule has 3 nitrogen and oxygen atoms in total. The number of rotatable bonds is 3. The maximum atomic E-state index is 11.8. The van der Waals surface area contributed by atoms with Crippen LogP contribution in [0.3, 0.4) is 0 Å². The van der Waals surface area contributed by atoms with Crippen LogP contribution >= 0.6 is 0 Å². The number of nitrogens with two attached hydrogens (primary N) is 1. The van der Waals surface area contributed by atoms with E-state index in [0.29, 0.717) is 0 Å². The van der Waals surface area contributed by atoms with E-state index in [0.717, 1.165) is 24.1 Å². The summed E-state index contributed by atoms with van der Waals surface area (Å²) in [6, 6.07) is 7.66. The predicted octanol–water partition coefficient (Wildman–Crippen LogP) is 2.25. The van der Waals surface area contributed by atoms with Gasteiger partial charge in [0.1, 0.15) is 0 Å². The number of anilines is 1. The molecule has 1 aromatic carbocycles. The van der Waals surface area contributed by atoms with Crippen molar-refractivity contribution in [2.75, 3.05) is 5.73 Å². The summed E-state index contributed by atoms with van der Waals surface area (Å²) < 4.78 is 0. The van der Waals surface area contributed by atoms with Crippen molar-refractivity contribution in [3.05, 3.63) is 29.8 Å². The third kappa shape index (κ3) is 2.18. The SMILES string of the molecule is CC(NC(=O)C1CCC1)c1ccccc1N. The lowest BCUT2D eigenvalue weighted by molar-refractivity contribution is -0.128. The summed E-state index contributed by atoms with van der Waals surface area (Å²) in [7, 11) is 0. The Kier molecular flexibility index (Phi) is 3.13. The van der Waals surface area contributed by atoms with Gasteiger partial charge in [0.05, 0.1) is 6.04 Å². The van der Waals surface area contributed by atoms with Crippen molar-refractivity contribution in [1.29, 1.82) is 0 Å². The predicted molar refractivity (Wildman–Crippen MR) is 64.8 cm³/mol. The van der Waals surface area contributed by atoms with Gasteiger partial charge in [-0.2, -0.15) is 0 Å². The van der Waals surface area contributed by atoms with Crippen LogP contribution in [0, 0.1) is 5.92 Å². The molecule has 1 aliphatic rings. The summed E-state index contributed by atoms with van der Waals surface area (Å²) in [5.74, 6) is 0.398. The van der Waals surface area contributed by atoms with Gasteiger partial charge in [0.2, 0.25) is 5.91 Å². The second-order valence-electron chi connectivity index (χ2n) is 4.49. The van der Waals surface area contributed by atoms with Crippen molar-refractivity contribution in [2.45, 2.75) is 32.2 Å². The Labute approximate surface area is 96.0 Å². The molecule has 1 amide bonds. The smallest absolute Gasteiger partial charge is 0.223 e. The highest BCUT2D eigenvalue weighted by Gasteiger charge is 2.26. The van der Waals surface area contributed by atoms with Gasteiger partial charge in [-0.3, -0.25) is 4.79 Å². The highest BCUT2D eigenvalue weighted by atomic mass is 16.1. The molecular formula is C13H18N2O. The molecule has 0 saturated heterocycles. The summed E-state index contributed by atoms with van der Waals surface area (Å²) in [4.78, 5) is 11.8. The van der Waals surface area contributed by atoms with Gasteiger partial charge in [-0.1, -0.05) is 24.6 Å². The van der Waals surface area contributed by atoms with Gasteiger partial charge in [0.25, 0.3) is 0 Å². The normalized spacial score (nSPS) is 17.6. The minimum Gasteiger partial charge on any atom is -0.398 e. The number of nitrogen functional groups attached to an aromatic ring is 1. The lowest BCUT2D eigenvalue weighted by atomic mass is 9.84. The standard InChI is InChI=1S/C13H18N2O/c1-9(11-7-2-3-8-12(11)14)15-13(16)10-5-4-6-10/h2-3,7-10H,4-6,14H2,1H3,(H,15,16). The lowest BCUT2D eigenvalue weighted by Crippen LogP contribution is -2.36. The Hall–Kier alpha value is -1.51. The van der Waals surface area contributed by atoms with E-state index in [2.05, 4.69) is 5.32 Å². The van der Waals surface area contributed by atoms with Crippen molar-refractivity contribution < 1.29 is 4.79 Å². The molecule has 16 heavy (non-hydrogen) atoms. The number of para-hydroxylation sites is 1. The van der Waals surface area contributed by atoms with E-state index in [-0.39, 0.29) is 17.9 Å². The summed E-state index contributed by atoms with van der Waals surface area (Å²) in [5.41, 5.74) is 7.60. The molecule has 1 aromatic rings. The molecule has 1 atom stereocenters. The molecule has 1 unspecified atom stereocenters. The maximum Gasteiger partial charge on any atom is 0.223 e. The number of carbonyl (C=O) groups is 1. The molecule has 0 radical (unpaired) electrons. The largest absolute Gasteiger partial charge is 0.398 e. The van der Waals surface area contributed by atoms with E-state index in [1.54, 1.807) is 0 Å². The first kappa shape index (κ1) is 11.0. The number of nitrogens with one attached hydrogen (secondary N) is 1. The topological polar surface area (TPSA) is 55.1 Å². The monoisotopic (exact) mass is 218 g/mol. The Morgan fingerprint density at radius 3 is 2.69 bits per heavy atom. The first-order valence-corrected chi connectivity index (χ1v) is 5.83. The Morgan fingerprint density at radius 2 is 2.12 bits per heavy atom. The third-order valence-corrected chi connectivity index (χ3v) is 3.30. The van der Waals surface area contributed by atoms with Crippen LogP contribution in [0.15, 0.2) is 24.3 Å². The van der Waals surface area contributed by atoms with Gasteiger partial charge in [-0.15, -0.1) is 0 Å². The van der Waals surface area contributed by atoms with Crippen molar-refractivity contribution in [2.24, 2.45) is 5.92 Å². The molecule has 1 fully saturated rings. The second-order valence-corrected chi connectivity index (χ2v) is 4.49. The average Bonchev–Trinajstić information content (AvgIpc) is 2.15. The van der Waals surface area contributed by atoms with E-state index in [9.17, 15) is 4.79 Å². The fourth-order valence-electron chi connectivity index (χ4n) is 1.98. The summed E-state index contributed by atoms with van der Waals surface area (Å²) in [6.07, 6.45) is 3.24.